The number of alkyl halides is 1. The Morgan fingerprint density at radius 2 is 2.07 bits per heavy atom. The summed E-state index contributed by atoms with van der Waals surface area (Å²) in [4.78, 5) is 20.9. The van der Waals surface area contributed by atoms with Crippen LogP contribution in [0.15, 0.2) is 0 Å². The van der Waals surface area contributed by atoms with E-state index in [0.29, 0.717) is 38.2 Å². The molecule has 2 aliphatic heterocycles. The standard InChI is InChI=1S/C21H30FN3O3/c1-13-14(2)19(23-16-11-25(8-9-26)20(27)18(13)16)24-7-4-17(15(22)10-24)28-12-21(3)5-6-21/h15,17,26H,4-12H2,1-3H3/t15-,17?/m0/s1. The fourth-order valence-electron chi connectivity index (χ4n) is 4.19. The molecule has 6 nitrogen and oxygen atoms in total. The number of hydrogen-bond acceptors (Lipinski definition) is 5. The number of halogens is 1. The molecule has 28 heavy (non-hydrogen) atoms. The summed E-state index contributed by atoms with van der Waals surface area (Å²) >= 11 is 0. The van der Waals surface area contributed by atoms with Crippen LogP contribution in [0.4, 0.5) is 10.2 Å². The van der Waals surface area contributed by atoms with Crippen molar-refractivity contribution in [2.24, 2.45) is 5.41 Å². The van der Waals surface area contributed by atoms with E-state index in [2.05, 4.69) is 6.92 Å². The maximum atomic E-state index is 14.8. The van der Waals surface area contributed by atoms with Gasteiger partial charge in [-0.05, 0) is 49.7 Å². The highest BCUT2D eigenvalue weighted by molar-refractivity contribution is 6.00. The Morgan fingerprint density at radius 3 is 2.71 bits per heavy atom. The minimum Gasteiger partial charge on any atom is -0.395 e. The highest BCUT2D eigenvalue weighted by atomic mass is 19.1. The molecule has 7 heteroatoms. The highest BCUT2D eigenvalue weighted by Gasteiger charge is 2.40. The molecule has 0 radical (unpaired) electrons. The molecule has 0 spiro atoms. The van der Waals surface area contributed by atoms with Crippen LogP contribution in [0.2, 0.25) is 0 Å². The van der Waals surface area contributed by atoms with Gasteiger partial charge in [0.05, 0.1) is 43.7 Å². The summed E-state index contributed by atoms with van der Waals surface area (Å²) in [5.74, 6) is 0.693. The molecule has 154 valence electrons. The molecule has 1 unspecified atom stereocenters. The van der Waals surface area contributed by atoms with Gasteiger partial charge in [-0.1, -0.05) is 6.92 Å². The van der Waals surface area contributed by atoms with E-state index >= 15 is 0 Å². The SMILES string of the molecule is Cc1c(N2CCC(OCC3(C)CC3)[C@@H](F)C2)nc2c(c1C)C(=O)N(CCO)C2. The van der Waals surface area contributed by atoms with Gasteiger partial charge in [0.15, 0.2) is 0 Å². The molecule has 4 rings (SSSR count). The zero-order chi connectivity index (χ0) is 20.1. The number of amides is 1. The number of piperidine rings is 1. The molecule has 0 aromatic carbocycles. The molecule has 1 amide bonds. The molecule has 1 aliphatic carbocycles. The number of rotatable bonds is 6. The maximum absolute atomic E-state index is 14.8. The Labute approximate surface area is 165 Å². The van der Waals surface area contributed by atoms with Crippen molar-refractivity contribution in [1.82, 2.24) is 9.88 Å². The largest absolute Gasteiger partial charge is 0.395 e. The molecule has 3 heterocycles. The summed E-state index contributed by atoms with van der Waals surface area (Å²) in [7, 11) is 0. The van der Waals surface area contributed by atoms with Crippen molar-refractivity contribution in [3.63, 3.8) is 0 Å². The summed E-state index contributed by atoms with van der Waals surface area (Å²) in [6.45, 7) is 8.32. The second-order valence-electron chi connectivity index (χ2n) is 8.87. The molecule has 1 aromatic rings. The van der Waals surface area contributed by atoms with Crippen molar-refractivity contribution in [2.45, 2.75) is 58.9 Å². The van der Waals surface area contributed by atoms with Gasteiger partial charge >= 0.3 is 0 Å². The fraction of sp³-hybridized carbons (Fsp3) is 0.714. The molecule has 1 aromatic heterocycles. The monoisotopic (exact) mass is 391 g/mol. The predicted octanol–water partition coefficient (Wildman–Crippen LogP) is 2.38. The second kappa shape index (κ2) is 7.26. The Kier molecular flexibility index (Phi) is 5.08. The number of aromatic nitrogens is 1. The van der Waals surface area contributed by atoms with Crippen molar-refractivity contribution < 1.29 is 19.0 Å². The Morgan fingerprint density at radius 1 is 1.32 bits per heavy atom. The molecule has 2 fully saturated rings. The normalized spacial score (nSPS) is 26.0. The average molecular weight is 391 g/mol. The van der Waals surface area contributed by atoms with Crippen molar-refractivity contribution in [3.05, 3.63) is 22.4 Å². The lowest BCUT2D eigenvalue weighted by Gasteiger charge is -2.36. The Hall–Kier alpha value is -1.73. The van der Waals surface area contributed by atoms with Crippen LogP contribution >= 0.6 is 0 Å². The summed E-state index contributed by atoms with van der Waals surface area (Å²) in [5, 5.41) is 9.18. The molecular formula is C21H30FN3O3. The first-order chi connectivity index (χ1) is 13.3. The summed E-state index contributed by atoms with van der Waals surface area (Å²) in [6, 6.07) is 0. The lowest BCUT2D eigenvalue weighted by atomic mass is 10.0. The number of aliphatic hydroxyl groups is 1. The zero-order valence-corrected chi connectivity index (χ0v) is 17.0. The van der Waals surface area contributed by atoms with Gasteiger partial charge in [-0.15, -0.1) is 0 Å². The van der Waals surface area contributed by atoms with Gasteiger partial charge < -0.3 is 19.6 Å². The van der Waals surface area contributed by atoms with E-state index in [9.17, 15) is 14.3 Å². The first-order valence-electron chi connectivity index (χ1n) is 10.2. The summed E-state index contributed by atoms with van der Waals surface area (Å²) in [5.41, 5.74) is 3.46. The summed E-state index contributed by atoms with van der Waals surface area (Å²) in [6.07, 6.45) is 1.60. The molecule has 1 saturated heterocycles. The zero-order valence-electron chi connectivity index (χ0n) is 17.0. The predicted molar refractivity (Wildman–Crippen MR) is 104 cm³/mol. The minimum absolute atomic E-state index is 0.0687. The number of hydrogen-bond donors (Lipinski definition) is 1. The lowest BCUT2D eigenvalue weighted by molar-refractivity contribution is -0.0302. The van der Waals surface area contributed by atoms with E-state index in [0.717, 1.165) is 22.6 Å². The van der Waals surface area contributed by atoms with Gasteiger partial charge in [0.25, 0.3) is 5.91 Å². The van der Waals surface area contributed by atoms with Crippen LogP contribution in [-0.4, -0.2) is 66.0 Å². The number of ether oxygens (including phenoxy) is 1. The van der Waals surface area contributed by atoms with Crippen LogP contribution in [0.1, 0.15) is 53.4 Å². The van der Waals surface area contributed by atoms with E-state index < -0.39 is 6.17 Å². The molecule has 3 aliphatic rings. The summed E-state index contributed by atoms with van der Waals surface area (Å²) < 4.78 is 20.7. The van der Waals surface area contributed by atoms with Gasteiger partial charge in [0.1, 0.15) is 12.0 Å². The topological polar surface area (TPSA) is 65.9 Å². The Balaban J connectivity index is 1.49. The smallest absolute Gasteiger partial charge is 0.256 e. The minimum atomic E-state index is -1.04. The highest BCUT2D eigenvalue weighted by Crippen LogP contribution is 2.45. The van der Waals surface area contributed by atoms with Gasteiger partial charge in [0, 0.05) is 13.1 Å². The van der Waals surface area contributed by atoms with Crippen LogP contribution in [0.3, 0.4) is 0 Å². The van der Waals surface area contributed by atoms with Crippen molar-refractivity contribution in [3.8, 4) is 0 Å². The van der Waals surface area contributed by atoms with Crippen LogP contribution in [0, 0.1) is 19.3 Å². The van der Waals surface area contributed by atoms with Gasteiger partial charge in [-0.25, -0.2) is 9.37 Å². The number of fused-ring (bicyclic) bond motifs is 1. The first kappa shape index (κ1) is 19.6. The van der Waals surface area contributed by atoms with E-state index in [1.807, 2.05) is 18.7 Å². The van der Waals surface area contributed by atoms with Crippen LogP contribution < -0.4 is 4.90 Å². The van der Waals surface area contributed by atoms with Gasteiger partial charge in [-0.3, -0.25) is 4.79 Å². The molecule has 1 saturated carbocycles. The number of nitrogens with zero attached hydrogens (tertiary/aromatic N) is 3. The fourth-order valence-corrected chi connectivity index (χ4v) is 4.19. The number of anilines is 1. The number of β-amino-alcohol motifs (C(OH)–C–C–N with tert-alkyl or cyclic N) is 1. The quantitative estimate of drug-likeness (QED) is 0.807. The Bertz CT molecular complexity index is 781. The number of carbonyl (C=O) groups is 1. The van der Waals surface area contributed by atoms with E-state index in [1.165, 1.54) is 12.8 Å². The lowest BCUT2D eigenvalue weighted by Crippen LogP contribution is -2.47. The van der Waals surface area contributed by atoms with Crippen LogP contribution in [0.5, 0.6) is 0 Å². The van der Waals surface area contributed by atoms with E-state index in [-0.39, 0.29) is 30.6 Å². The third-order valence-electron chi connectivity index (χ3n) is 6.54. The van der Waals surface area contributed by atoms with Gasteiger partial charge in [-0.2, -0.15) is 0 Å². The third kappa shape index (κ3) is 3.50. The van der Waals surface area contributed by atoms with Crippen molar-refractivity contribution >= 4 is 11.7 Å². The average Bonchev–Trinajstić information content (AvgIpc) is 3.32. The molecule has 0 bridgehead atoms. The molecule has 2 atom stereocenters. The van der Waals surface area contributed by atoms with Crippen molar-refractivity contribution in [1.29, 1.82) is 0 Å². The van der Waals surface area contributed by atoms with Crippen LogP contribution in [-0.2, 0) is 11.3 Å². The number of carbonyl (C=O) groups excluding carboxylic acids is 1. The molecular weight excluding hydrogens is 361 g/mol. The second-order valence-corrected chi connectivity index (χ2v) is 8.87. The van der Waals surface area contributed by atoms with Crippen molar-refractivity contribution in [2.75, 3.05) is 37.7 Å². The first-order valence-corrected chi connectivity index (χ1v) is 10.2. The van der Waals surface area contributed by atoms with E-state index in [4.69, 9.17) is 9.72 Å². The van der Waals surface area contributed by atoms with Gasteiger partial charge in [0.2, 0.25) is 0 Å². The third-order valence-corrected chi connectivity index (χ3v) is 6.54. The number of aliphatic hydroxyl groups excluding tert-OH is 1. The van der Waals surface area contributed by atoms with E-state index in [1.54, 1.807) is 4.90 Å². The number of pyridine rings is 1. The van der Waals surface area contributed by atoms with Crippen LogP contribution in [0.25, 0.3) is 0 Å². The maximum Gasteiger partial charge on any atom is 0.256 e. The molecule has 1 N–H and O–H groups in total.